The smallest absolute Gasteiger partial charge is 0.307 e. The molecule has 1 N–H and O–H groups in total. The van der Waals surface area contributed by atoms with Crippen LogP contribution in [0.25, 0.3) is 5.69 Å². The molecule has 2 rings (SSSR count). The standard InChI is InChI=1S/C15H16ClNO2/c1-9-6-13(16)4-5-14(9)17-10(2)7-12(11(17)3)8-15(18)19/h4-7H,8H2,1-3H3,(H,18,19). The lowest BCUT2D eigenvalue weighted by Crippen LogP contribution is -2.04. The Labute approximate surface area is 117 Å². The zero-order valence-electron chi connectivity index (χ0n) is 11.2. The summed E-state index contributed by atoms with van der Waals surface area (Å²) in [6.45, 7) is 5.92. The quantitative estimate of drug-likeness (QED) is 0.930. The molecule has 0 spiro atoms. The lowest BCUT2D eigenvalue weighted by Gasteiger charge is -2.13. The number of rotatable bonds is 3. The fourth-order valence-corrected chi connectivity index (χ4v) is 2.64. The number of hydrogen-bond acceptors (Lipinski definition) is 1. The van der Waals surface area contributed by atoms with Crippen LogP contribution in [0.5, 0.6) is 0 Å². The van der Waals surface area contributed by atoms with E-state index in [9.17, 15) is 4.79 Å². The molecule has 1 aromatic carbocycles. The maximum atomic E-state index is 10.9. The van der Waals surface area contributed by atoms with Crippen molar-refractivity contribution in [2.24, 2.45) is 0 Å². The number of nitrogens with zero attached hydrogens (tertiary/aromatic N) is 1. The molecule has 0 saturated heterocycles. The van der Waals surface area contributed by atoms with Gasteiger partial charge in [0.15, 0.2) is 0 Å². The summed E-state index contributed by atoms with van der Waals surface area (Å²) < 4.78 is 2.07. The molecule has 0 atom stereocenters. The predicted molar refractivity (Wildman–Crippen MR) is 76.3 cm³/mol. The van der Waals surface area contributed by atoms with Crippen LogP contribution in [0, 0.1) is 20.8 Å². The lowest BCUT2D eigenvalue weighted by molar-refractivity contribution is -0.136. The van der Waals surface area contributed by atoms with Gasteiger partial charge >= 0.3 is 5.97 Å². The Morgan fingerprint density at radius 3 is 2.53 bits per heavy atom. The molecule has 4 heteroatoms. The van der Waals surface area contributed by atoms with E-state index in [0.717, 1.165) is 28.2 Å². The fraction of sp³-hybridized carbons (Fsp3) is 0.267. The molecule has 0 aliphatic carbocycles. The van der Waals surface area contributed by atoms with E-state index in [1.807, 2.05) is 45.0 Å². The lowest BCUT2D eigenvalue weighted by atomic mass is 10.1. The van der Waals surface area contributed by atoms with Crippen LogP contribution >= 0.6 is 11.6 Å². The van der Waals surface area contributed by atoms with Gasteiger partial charge in [0.1, 0.15) is 0 Å². The van der Waals surface area contributed by atoms with Crippen LogP contribution in [0.15, 0.2) is 24.3 Å². The zero-order valence-corrected chi connectivity index (χ0v) is 12.0. The third-order valence-corrected chi connectivity index (χ3v) is 3.51. The van der Waals surface area contributed by atoms with E-state index in [4.69, 9.17) is 16.7 Å². The highest BCUT2D eigenvalue weighted by atomic mass is 35.5. The van der Waals surface area contributed by atoms with Crippen LogP contribution in [0.1, 0.15) is 22.5 Å². The largest absolute Gasteiger partial charge is 0.481 e. The average Bonchev–Trinajstić information content (AvgIpc) is 2.55. The highest BCUT2D eigenvalue weighted by molar-refractivity contribution is 6.30. The molecule has 19 heavy (non-hydrogen) atoms. The monoisotopic (exact) mass is 277 g/mol. The van der Waals surface area contributed by atoms with E-state index >= 15 is 0 Å². The minimum atomic E-state index is -0.812. The van der Waals surface area contributed by atoms with Gasteiger partial charge in [0, 0.05) is 22.1 Å². The summed E-state index contributed by atoms with van der Waals surface area (Å²) in [7, 11) is 0. The fourth-order valence-electron chi connectivity index (χ4n) is 2.41. The van der Waals surface area contributed by atoms with Gasteiger partial charge in [-0.1, -0.05) is 11.6 Å². The second-order valence-electron chi connectivity index (χ2n) is 4.73. The summed E-state index contributed by atoms with van der Waals surface area (Å²) >= 11 is 5.97. The van der Waals surface area contributed by atoms with Crippen molar-refractivity contribution in [3.63, 3.8) is 0 Å². The van der Waals surface area contributed by atoms with E-state index in [2.05, 4.69) is 4.57 Å². The molecule has 0 unspecified atom stereocenters. The van der Waals surface area contributed by atoms with Crippen molar-refractivity contribution in [3.8, 4) is 5.69 Å². The average molecular weight is 278 g/mol. The first-order valence-corrected chi connectivity index (χ1v) is 6.44. The predicted octanol–water partition coefficient (Wildman–Crippen LogP) is 3.68. The molecule has 3 nitrogen and oxygen atoms in total. The van der Waals surface area contributed by atoms with Gasteiger partial charge in [0.25, 0.3) is 0 Å². The summed E-state index contributed by atoms with van der Waals surface area (Å²) in [4.78, 5) is 10.9. The van der Waals surface area contributed by atoms with Gasteiger partial charge < -0.3 is 9.67 Å². The molecule has 2 aromatic rings. The number of aliphatic carboxylic acids is 1. The molecule has 0 aliphatic rings. The van der Waals surface area contributed by atoms with Crippen molar-refractivity contribution in [3.05, 3.63) is 51.8 Å². The van der Waals surface area contributed by atoms with Crippen molar-refractivity contribution in [1.29, 1.82) is 0 Å². The number of hydrogen-bond donors (Lipinski definition) is 1. The van der Waals surface area contributed by atoms with Crippen molar-refractivity contribution in [2.45, 2.75) is 27.2 Å². The van der Waals surface area contributed by atoms with E-state index in [0.29, 0.717) is 5.02 Å². The number of benzene rings is 1. The van der Waals surface area contributed by atoms with E-state index in [-0.39, 0.29) is 6.42 Å². The molecule has 1 aromatic heterocycles. The van der Waals surface area contributed by atoms with Crippen molar-refractivity contribution < 1.29 is 9.90 Å². The normalized spacial score (nSPS) is 10.7. The molecule has 0 bridgehead atoms. The van der Waals surface area contributed by atoms with Crippen LogP contribution < -0.4 is 0 Å². The Balaban J connectivity index is 2.56. The van der Waals surface area contributed by atoms with Crippen LogP contribution in [-0.4, -0.2) is 15.6 Å². The molecule has 0 aliphatic heterocycles. The van der Waals surface area contributed by atoms with Gasteiger partial charge in [-0.25, -0.2) is 0 Å². The summed E-state index contributed by atoms with van der Waals surface area (Å²) in [5, 5.41) is 9.63. The van der Waals surface area contributed by atoms with E-state index < -0.39 is 5.97 Å². The van der Waals surface area contributed by atoms with Gasteiger partial charge in [-0.15, -0.1) is 0 Å². The third kappa shape index (κ3) is 2.66. The zero-order chi connectivity index (χ0) is 14.2. The topological polar surface area (TPSA) is 42.2 Å². The Kier molecular flexibility index (Phi) is 3.67. The summed E-state index contributed by atoms with van der Waals surface area (Å²) in [6, 6.07) is 7.64. The molecule has 0 amide bonds. The SMILES string of the molecule is Cc1cc(Cl)ccc1-n1c(C)cc(CC(=O)O)c1C. The first kappa shape index (κ1) is 13.7. The summed E-state index contributed by atoms with van der Waals surface area (Å²) in [5.74, 6) is -0.812. The number of carbonyl (C=O) groups is 1. The van der Waals surface area contributed by atoms with Crippen molar-refractivity contribution >= 4 is 17.6 Å². The maximum absolute atomic E-state index is 10.9. The molecule has 100 valence electrons. The van der Waals surface area contributed by atoms with Gasteiger partial charge in [0.05, 0.1) is 6.42 Å². The number of halogens is 1. The number of carboxylic acid groups (broad SMARTS) is 1. The number of aromatic nitrogens is 1. The van der Waals surface area contributed by atoms with Crippen molar-refractivity contribution in [2.75, 3.05) is 0 Å². The summed E-state index contributed by atoms with van der Waals surface area (Å²) in [6.07, 6.45) is 0.0479. The van der Waals surface area contributed by atoms with Gasteiger partial charge in [0.2, 0.25) is 0 Å². The molecular weight excluding hydrogens is 262 g/mol. The minimum absolute atomic E-state index is 0.0479. The van der Waals surface area contributed by atoms with Crippen molar-refractivity contribution in [1.82, 2.24) is 4.57 Å². The molecular formula is C15H16ClNO2. The highest BCUT2D eigenvalue weighted by Crippen LogP contribution is 2.25. The minimum Gasteiger partial charge on any atom is -0.481 e. The van der Waals surface area contributed by atoms with Crippen LogP contribution in [0.3, 0.4) is 0 Å². The number of aryl methyl sites for hydroxylation is 2. The molecule has 0 fully saturated rings. The maximum Gasteiger partial charge on any atom is 0.307 e. The first-order valence-electron chi connectivity index (χ1n) is 6.06. The van der Waals surface area contributed by atoms with Crippen LogP contribution in [0.4, 0.5) is 0 Å². The highest BCUT2D eigenvalue weighted by Gasteiger charge is 2.14. The second-order valence-corrected chi connectivity index (χ2v) is 5.17. The molecule has 0 radical (unpaired) electrons. The van der Waals surface area contributed by atoms with E-state index in [1.165, 1.54) is 0 Å². The molecule has 1 heterocycles. The Hall–Kier alpha value is -1.74. The first-order chi connectivity index (χ1) is 8.90. The Morgan fingerprint density at radius 1 is 1.26 bits per heavy atom. The third-order valence-electron chi connectivity index (χ3n) is 3.28. The van der Waals surface area contributed by atoms with Crippen LogP contribution in [0.2, 0.25) is 5.02 Å². The van der Waals surface area contributed by atoms with Gasteiger partial charge in [-0.05, 0) is 56.2 Å². The van der Waals surface area contributed by atoms with E-state index in [1.54, 1.807) is 0 Å². The van der Waals surface area contributed by atoms with Gasteiger partial charge in [-0.2, -0.15) is 0 Å². The molecule has 0 saturated carbocycles. The Bertz CT molecular complexity index is 644. The Morgan fingerprint density at radius 2 is 1.95 bits per heavy atom. The van der Waals surface area contributed by atoms with Crippen LogP contribution in [-0.2, 0) is 11.2 Å². The number of carboxylic acids is 1. The van der Waals surface area contributed by atoms with Gasteiger partial charge in [-0.3, -0.25) is 4.79 Å². The second kappa shape index (κ2) is 5.10. The summed E-state index contributed by atoms with van der Waals surface area (Å²) in [5.41, 5.74) is 4.94.